The van der Waals surface area contributed by atoms with Crippen LogP contribution in [0.15, 0.2) is 18.5 Å². The summed E-state index contributed by atoms with van der Waals surface area (Å²) in [6, 6.07) is 1.74. The predicted octanol–water partition coefficient (Wildman–Crippen LogP) is 1.48. The second-order valence-corrected chi connectivity index (χ2v) is 3.48. The molecule has 16 heavy (non-hydrogen) atoms. The number of nitrogens with zero attached hydrogens (tertiary/aromatic N) is 2. The quantitative estimate of drug-likeness (QED) is 0.584. The van der Waals surface area contributed by atoms with Crippen LogP contribution < -0.4 is 5.32 Å². The molecule has 1 aromatic rings. The van der Waals surface area contributed by atoms with Crippen molar-refractivity contribution < 1.29 is 9.53 Å². The van der Waals surface area contributed by atoms with Gasteiger partial charge in [0, 0.05) is 12.4 Å². The van der Waals surface area contributed by atoms with E-state index in [0.29, 0.717) is 19.1 Å². The number of carbonyl (C=O) groups is 1. The Kier molecular flexibility index (Phi) is 5.25. The molecule has 0 spiro atoms. The number of aromatic nitrogens is 2. The fraction of sp³-hybridized carbons (Fsp3) is 0.545. The molecule has 0 aliphatic rings. The summed E-state index contributed by atoms with van der Waals surface area (Å²) < 4.78 is 5.06. The zero-order valence-corrected chi connectivity index (χ0v) is 9.64. The summed E-state index contributed by atoms with van der Waals surface area (Å²) in [7, 11) is 0. The van der Waals surface area contributed by atoms with Crippen molar-refractivity contribution in [1.82, 2.24) is 9.97 Å². The highest BCUT2D eigenvalue weighted by Gasteiger charge is 2.10. The maximum Gasteiger partial charge on any atom is 0.308 e. The molecule has 0 aliphatic heterocycles. The molecule has 0 amide bonds. The van der Waals surface area contributed by atoms with E-state index in [1.807, 2.05) is 13.8 Å². The van der Waals surface area contributed by atoms with Crippen molar-refractivity contribution >= 4 is 11.9 Å². The molecule has 1 unspecified atom stereocenters. The molecule has 1 N–H and O–H groups in total. The molecule has 0 saturated carbocycles. The highest BCUT2D eigenvalue weighted by molar-refractivity contribution is 5.71. The molecule has 5 heteroatoms. The number of hydrogen-bond acceptors (Lipinski definition) is 5. The van der Waals surface area contributed by atoms with Crippen molar-refractivity contribution in [1.29, 1.82) is 0 Å². The number of hydrogen-bond donors (Lipinski definition) is 1. The summed E-state index contributed by atoms with van der Waals surface area (Å²) in [6.45, 7) is 4.67. The van der Waals surface area contributed by atoms with Crippen LogP contribution in [-0.2, 0) is 9.53 Å². The Labute approximate surface area is 95.3 Å². The zero-order chi connectivity index (χ0) is 11.8. The van der Waals surface area contributed by atoms with Crippen LogP contribution in [0.4, 0.5) is 5.95 Å². The molecule has 0 aliphatic carbocycles. The van der Waals surface area contributed by atoms with Gasteiger partial charge in [-0.15, -0.1) is 0 Å². The third-order valence-electron chi connectivity index (χ3n) is 2.21. The fourth-order valence-electron chi connectivity index (χ4n) is 1.01. The van der Waals surface area contributed by atoms with Gasteiger partial charge in [0.1, 0.15) is 6.61 Å². The van der Waals surface area contributed by atoms with E-state index in [9.17, 15) is 4.79 Å². The Morgan fingerprint density at radius 1 is 1.50 bits per heavy atom. The van der Waals surface area contributed by atoms with Crippen molar-refractivity contribution in [2.75, 3.05) is 18.5 Å². The number of esters is 1. The van der Waals surface area contributed by atoms with E-state index in [4.69, 9.17) is 4.74 Å². The van der Waals surface area contributed by atoms with Gasteiger partial charge in [-0.05, 0) is 12.5 Å². The first-order valence-corrected chi connectivity index (χ1v) is 5.41. The van der Waals surface area contributed by atoms with Crippen LogP contribution in [0.1, 0.15) is 20.3 Å². The Hall–Kier alpha value is -1.65. The number of anilines is 1. The van der Waals surface area contributed by atoms with Gasteiger partial charge >= 0.3 is 5.97 Å². The lowest BCUT2D eigenvalue weighted by atomic mass is 10.1. The van der Waals surface area contributed by atoms with E-state index in [1.54, 1.807) is 18.5 Å². The number of nitrogens with one attached hydrogen (secondary N) is 1. The molecule has 5 nitrogen and oxygen atoms in total. The highest BCUT2D eigenvalue weighted by Crippen LogP contribution is 2.02. The minimum atomic E-state index is -0.154. The molecular weight excluding hydrogens is 206 g/mol. The summed E-state index contributed by atoms with van der Waals surface area (Å²) in [5.41, 5.74) is 0. The van der Waals surface area contributed by atoms with Gasteiger partial charge in [0.2, 0.25) is 5.95 Å². The normalized spacial score (nSPS) is 11.9. The number of ether oxygens (including phenoxy) is 1. The van der Waals surface area contributed by atoms with Crippen molar-refractivity contribution in [2.24, 2.45) is 5.92 Å². The van der Waals surface area contributed by atoms with Crippen LogP contribution in [0.2, 0.25) is 0 Å². The zero-order valence-electron chi connectivity index (χ0n) is 9.64. The van der Waals surface area contributed by atoms with Crippen LogP contribution >= 0.6 is 0 Å². The van der Waals surface area contributed by atoms with Gasteiger partial charge in [0.15, 0.2) is 0 Å². The highest BCUT2D eigenvalue weighted by atomic mass is 16.5. The molecule has 1 rings (SSSR count). The van der Waals surface area contributed by atoms with Gasteiger partial charge in [-0.1, -0.05) is 13.8 Å². The van der Waals surface area contributed by atoms with Gasteiger partial charge in [-0.2, -0.15) is 0 Å². The maximum atomic E-state index is 11.3. The average Bonchev–Trinajstić information content (AvgIpc) is 2.34. The van der Waals surface area contributed by atoms with E-state index in [2.05, 4.69) is 15.3 Å². The molecule has 0 aromatic carbocycles. The first-order valence-electron chi connectivity index (χ1n) is 5.41. The van der Waals surface area contributed by atoms with Crippen LogP contribution in [0, 0.1) is 5.92 Å². The van der Waals surface area contributed by atoms with Crippen molar-refractivity contribution in [3.05, 3.63) is 18.5 Å². The van der Waals surface area contributed by atoms with E-state index >= 15 is 0 Å². The summed E-state index contributed by atoms with van der Waals surface area (Å²) in [5.74, 6) is 0.355. The standard InChI is InChI=1S/C11H17N3O2/c1-3-9(2)10(15)16-8-7-14-11-12-5-4-6-13-11/h4-6,9H,3,7-8H2,1-2H3,(H,12,13,14). The van der Waals surface area contributed by atoms with Gasteiger partial charge in [0.05, 0.1) is 12.5 Å². The molecule has 0 fully saturated rings. The lowest BCUT2D eigenvalue weighted by Gasteiger charge is -2.09. The lowest BCUT2D eigenvalue weighted by Crippen LogP contribution is -2.19. The number of rotatable bonds is 6. The van der Waals surface area contributed by atoms with Gasteiger partial charge < -0.3 is 10.1 Å². The number of carbonyl (C=O) groups excluding carboxylic acids is 1. The van der Waals surface area contributed by atoms with Crippen molar-refractivity contribution in [2.45, 2.75) is 20.3 Å². The maximum absolute atomic E-state index is 11.3. The molecule has 0 saturated heterocycles. The van der Waals surface area contributed by atoms with Crippen LogP contribution in [0.5, 0.6) is 0 Å². The Morgan fingerprint density at radius 2 is 2.19 bits per heavy atom. The molecule has 1 aromatic heterocycles. The molecule has 1 atom stereocenters. The average molecular weight is 223 g/mol. The Morgan fingerprint density at radius 3 is 2.81 bits per heavy atom. The third kappa shape index (κ3) is 4.25. The van der Waals surface area contributed by atoms with Gasteiger partial charge in [-0.25, -0.2) is 9.97 Å². The summed E-state index contributed by atoms with van der Waals surface area (Å²) in [4.78, 5) is 19.3. The summed E-state index contributed by atoms with van der Waals surface area (Å²) in [6.07, 6.45) is 4.11. The first-order chi connectivity index (χ1) is 7.74. The molecular formula is C11H17N3O2. The second-order valence-electron chi connectivity index (χ2n) is 3.48. The van der Waals surface area contributed by atoms with E-state index in [1.165, 1.54) is 0 Å². The van der Waals surface area contributed by atoms with Crippen LogP contribution in [0.25, 0.3) is 0 Å². The Bertz CT molecular complexity index is 316. The smallest absolute Gasteiger partial charge is 0.308 e. The minimum Gasteiger partial charge on any atom is -0.464 e. The monoisotopic (exact) mass is 223 g/mol. The molecule has 1 heterocycles. The SMILES string of the molecule is CCC(C)C(=O)OCCNc1ncccn1. The molecule has 0 bridgehead atoms. The minimum absolute atomic E-state index is 0.0343. The fourth-order valence-corrected chi connectivity index (χ4v) is 1.01. The Balaban J connectivity index is 2.15. The van der Waals surface area contributed by atoms with Crippen molar-refractivity contribution in [3.63, 3.8) is 0 Å². The predicted molar refractivity (Wildman–Crippen MR) is 60.9 cm³/mol. The molecule has 0 radical (unpaired) electrons. The van der Waals surface area contributed by atoms with Crippen molar-refractivity contribution in [3.8, 4) is 0 Å². The van der Waals surface area contributed by atoms with Gasteiger partial charge in [-0.3, -0.25) is 4.79 Å². The van der Waals surface area contributed by atoms with E-state index in [0.717, 1.165) is 6.42 Å². The summed E-state index contributed by atoms with van der Waals surface area (Å²) >= 11 is 0. The van der Waals surface area contributed by atoms with E-state index < -0.39 is 0 Å². The topological polar surface area (TPSA) is 64.1 Å². The molecule has 88 valence electrons. The third-order valence-corrected chi connectivity index (χ3v) is 2.21. The van der Waals surface area contributed by atoms with Crippen LogP contribution in [0.3, 0.4) is 0 Å². The largest absolute Gasteiger partial charge is 0.464 e. The van der Waals surface area contributed by atoms with Gasteiger partial charge in [0.25, 0.3) is 0 Å². The van der Waals surface area contributed by atoms with Crippen LogP contribution in [-0.4, -0.2) is 29.1 Å². The summed E-state index contributed by atoms with van der Waals surface area (Å²) in [5, 5.41) is 2.96. The first kappa shape index (κ1) is 12.4. The van der Waals surface area contributed by atoms with E-state index in [-0.39, 0.29) is 11.9 Å². The second kappa shape index (κ2) is 6.76. The lowest BCUT2D eigenvalue weighted by molar-refractivity contribution is -0.147.